The maximum atomic E-state index is 13.4. The molecule has 2 aliphatic carbocycles. The quantitative estimate of drug-likeness (QED) is 0.906. The third-order valence-corrected chi connectivity index (χ3v) is 4.38. The molecule has 0 aromatic heterocycles. The summed E-state index contributed by atoms with van der Waals surface area (Å²) in [5.41, 5.74) is 0.405. The molecule has 18 heavy (non-hydrogen) atoms. The van der Waals surface area contributed by atoms with Gasteiger partial charge < -0.3 is 5.32 Å². The number of carbonyl (C=O) groups excluding carboxylic acids is 1. The van der Waals surface area contributed by atoms with Gasteiger partial charge in [0.15, 0.2) is 0 Å². The van der Waals surface area contributed by atoms with E-state index in [-0.39, 0.29) is 5.91 Å². The van der Waals surface area contributed by atoms with Crippen LogP contribution in [-0.2, 0) is 0 Å². The molecule has 0 atom stereocenters. The maximum Gasteiger partial charge on any atom is 0.251 e. The van der Waals surface area contributed by atoms with E-state index < -0.39 is 5.82 Å². The molecular formula is C14H15BrFNO. The molecular weight excluding hydrogens is 297 g/mol. The number of benzene rings is 1. The standard InChI is InChI=1S/C14H15BrFNO/c15-11-6-5-10(7-12(11)16)14(18)17-13(8-1-2-8)9-3-4-9/h5-9,13H,1-4H2,(H,17,18). The second-order valence-electron chi connectivity index (χ2n) is 5.30. The normalized spacial score (nSPS) is 19.1. The van der Waals surface area contributed by atoms with Gasteiger partial charge in [0, 0.05) is 11.6 Å². The van der Waals surface area contributed by atoms with E-state index in [1.165, 1.54) is 31.7 Å². The first-order valence-corrected chi connectivity index (χ1v) is 7.20. The van der Waals surface area contributed by atoms with Crippen LogP contribution in [0.1, 0.15) is 36.0 Å². The number of nitrogens with one attached hydrogen (secondary N) is 1. The van der Waals surface area contributed by atoms with Crippen molar-refractivity contribution in [3.8, 4) is 0 Å². The van der Waals surface area contributed by atoms with Gasteiger partial charge in [0.05, 0.1) is 4.47 Å². The van der Waals surface area contributed by atoms with Crippen LogP contribution in [0.15, 0.2) is 22.7 Å². The van der Waals surface area contributed by atoms with E-state index >= 15 is 0 Å². The van der Waals surface area contributed by atoms with Crippen LogP contribution in [0.25, 0.3) is 0 Å². The van der Waals surface area contributed by atoms with E-state index in [0.717, 1.165) is 0 Å². The molecule has 2 aliphatic rings. The van der Waals surface area contributed by atoms with Crippen LogP contribution in [0.4, 0.5) is 4.39 Å². The van der Waals surface area contributed by atoms with Crippen molar-refractivity contribution in [1.29, 1.82) is 0 Å². The monoisotopic (exact) mass is 311 g/mol. The topological polar surface area (TPSA) is 29.1 Å². The molecule has 0 saturated heterocycles. The van der Waals surface area contributed by atoms with E-state index in [1.54, 1.807) is 12.1 Å². The van der Waals surface area contributed by atoms with Gasteiger partial charge in [-0.15, -0.1) is 0 Å². The average molecular weight is 312 g/mol. The summed E-state index contributed by atoms with van der Waals surface area (Å²) in [6.07, 6.45) is 4.87. The highest BCUT2D eigenvalue weighted by atomic mass is 79.9. The van der Waals surface area contributed by atoms with Crippen LogP contribution >= 0.6 is 15.9 Å². The van der Waals surface area contributed by atoms with Crippen molar-refractivity contribution >= 4 is 21.8 Å². The largest absolute Gasteiger partial charge is 0.349 e. The molecule has 2 fully saturated rings. The first-order valence-electron chi connectivity index (χ1n) is 6.41. The van der Waals surface area contributed by atoms with Crippen LogP contribution in [0.2, 0.25) is 0 Å². The summed E-state index contributed by atoms with van der Waals surface area (Å²) in [6.45, 7) is 0. The Hall–Kier alpha value is -0.900. The molecule has 1 amide bonds. The smallest absolute Gasteiger partial charge is 0.251 e. The highest BCUT2D eigenvalue weighted by molar-refractivity contribution is 9.10. The molecule has 1 N–H and O–H groups in total. The molecule has 4 heteroatoms. The third-order valence-electron chi connectivity index (χ3n) is 3.74. The number of carbonyl (C=O) groups is 1. The van der Waals surface area contributed by atoms with Crippen LogP contribution in [0.3, 0.4) is 0 Å². The highest BCUT2D eigenvalue weighted by Crippen LogP contribution is 2.44. The molecule has 0 spiro atoms. The Labute approximate surface area is 114 Å². The molecule has 0 heterocycles. The molecule has 3 rings (SSSR count). The SMILES string of the molecule is O=C(NC(C1CC1)C1CC1)c1ccc(Br)c(F)c1. The zero-order chi connectivity index (χ0) is 12.7. The number of halogens is 2. The lowest BCUT2D eigenvalue weighted by Crippen LogP contribution is -2.38. The van der Waals surface area contributed by atoms with Crippen molar-refractivity contribution in [3.63, 3.8) is 0 Å². The van der Waals surface area contributed by atoms with Crippen LogP contribution in [0, 0.1) is 17.7 Å². The van der Waals surface area contributed by atoms with Gasteiger partial charge >= 0.3 is 0 Å². The summed E-state index contributed by atoms with van der Waals surface area (Å²) >= 11 is 3.09. The second-order valence-corrected chi connectivity index (χ2v) is 6.16. The summed E-state index contributed by atoms with van der Waals surface area (Å²) in [4.78, 5) is 12.1. The molecule has 0 radical (unpaired) electrons. The van der Waals surface area contributed by atoms with E-state index in [9.17, 15) is 9.18 Å². The van der Waals surface area contributed by atoms with Crippen molar-refractivity contribution in [2.24, 2.45) is 11.8 Å². The lowest BCUT2D eigenvalue weighted by atomic mass is 10.1. The van der Waals surface area contributed by atoms with E-state index in [0.29, 0.717) is 27.9 Å². The fourth-order valence-corrected chi connectivity index (χ4v) is 2.65. The fraction of sp³-hybridized carbons (Fsp3) is 0.500. The Kier molecular flexibility index (Phi) is 3.14. The zero-order valence-corrected chi connectivity index (χ0v) is 11.5. The van der Waals surface area contributed by atoms with Crippen LogP contribution < -0.4 is 5.32 Å². The van der Waals surface area contributed by atoms with Crippen molar-refractivity contribution in [3.05, 3.63) is 34.1 Å². The summed E-state index contributed by atoms with van der Waals surface area (Å²) in [5, 5.41) is 3.08. The van der Waals surface area contributed by atoms with Gasteiger partial charge in [-0.3, -0.25) is 4.79 Å². The van der Waals surface area contributed by atoms with Crippen LogP contribution in [-0.4, -0.2) is 11.9 Å². The minimum atomic E-state index is -0.392. The second kappa shape index (κ2) is 4.65. The van der Waals surface area contributed by atoms with Crippen molar-refractivity contribution in [1.82, 2.24) is 5.32 Å². The van der Waals surface area contributed by atoms with Gasteiger partial charge in [-0.05, 0) is 71.6 Å². The fourth-order valence-electron chi connectivity index (χ4n) is 2.40. The number of hydrogen-bond donors (Lipinski definition) is 1. The van der Waals surface area contributed by atoms with Gasteiger partial charge in [0.1, 0.15) is 5.82 Å². The Morgan fingerprint density at radius 2 is 1.89 bits per heavy atom. The molecule has 96 valence electrons. The lowest BCUT2D eigenvalue weighted by Gasteiger charge is -2.17. The summed E-state index contributed by atoms with van der Waals surface area (Å²) < 4.78 is 13.8. The minimum absolute atomic E-state index is 0.148. The average Bonchev–Trinajstić information content (AvgIpc) is 3.22. The Morgan fingerprint density at radius 3 is 2.39 bits per heavy atom. The Balaban J connectivity index is 1.71. The first kappa shape index (κ1) is 12.2. The predicted molar refractivity (Wildman–Crippen MR) is 70.8 cm³/mol. The lowest BCUT2D eigenvalue weighted by molar-refractivity contribution is 0.0926. The number of rotatable bonds is 4. The van der Waals surface area contributed by atoms with Gasteiger partial charge in [-0.25, -0.2) is 4.39 Å². The van der Waals surface area contributed by atoms with Gasteiger partial charge in [0.2, 0.25) is 0 Å². The van der Waals surface area contributed by atoms with Crippen LogP contribution in [0.5, 0.6) is 0 Å². The van der Waals surface area contributed by atoms with E-state index in [2.05, 4.69) is 21.2 Å². The Morgan fingerprint density at radius 1 is 1.28 bits per heavy atom. The van der Waals surface area contributed by atoms with Gasteiger partial charge in [-0.2, -0.15) is 0 Å². The number of hydrogen-bond acceptors (Lipinski definition) is 1. The highest BCUT2D eigenvalue weighted by Gasteiger charge is 2.42. The van der Waals surface area contributed by atoms with Crippen molar-refractivity contribution in [2.45, 2.75) is 31.7 Å². The van der Waals surface area contributed by atoms with Crippen molar-refractivity contribution in [2.75, 3.05) is 0 Å². The molecule has 2 saturated carbocycles. The zero-order valence-electron chi connectivity index (χ0n) is 9.96. The minimum Gasteiger partial charge on any atom is -0.349 e. The molecule has 0 unspecified atom stereocenters. The van der Waals surface area contributed by atoms with Gasteiger partial charge in [-0.1, -0.05) is 0 Å². The molecule has 2 nitrogen and oxygen atoms in total. The van der Waals surface area contributed by atoms with E-state index in [4.69, 9.17) is 0 Å². The third kappa shape index (κ3) is 2.58. The molecule has 0 aliphatic heterocycles. The Bertz CT molecular complexity index is 471. The molecule has 1 aromatic rings. The molecule has 0 bridgehead atoms. The van der Waals surface area contributed by atoms with Crippen molar-refractivity contribution < 1.29 is 9.18 Å². The maximum absolute atomic E-state index is 13.4. The predicted octanol–water partition coefficient (Wildman–Crippen LogP) is 3.51. The summed E-state index contributed by atoms with van der Waals surface area (Å²) in [6, 6.07) is 4.83. The number of amides is 1. The molecule has 1 aromatic carbocycles. The summed E-state index contributed by atoms with van der Waals surface area (Å²) in [7, 11) is 0. The van der Waals surface area contributed by atoms with E-state index in [1.807, 2.05) is 0 Å². The summed E-state index contributed by atoms with van der Waals surface area (Å²) in [5.74, 6) is 0.769. The van der Waals surface area contributed by atoms with Gasteiger partial charge in [0.25, 0.3) is 5.91 Å². The first-order chi connectivity index (χ1) is 8.65.